The molecule has 1 aromatic carbocycles. The zero-order chi connectivity index (χ0) is 18.4. The van der Waals surface area contributed by atoms with Gasteiger partial charge < -0.3 is 15.0 Å². The first-order valence-corrected chi connectivity index (χ1v) is 8.84. The van der Waals surface area contributed by atoms with Gasteiger partial charge in [-0.15, -0.1) is 11.3 Å². The summed E-state index contributed by atoms with van der Waals surface area (Å²) in [5, 5.41) is 4.68. The zero-order valence-corrected chi connectivity index (χ0v) is 14.9. The van der Waals surface area contributed by atoms with Crippen LogP contribution in [0.5, 0.6) is 0 Å². The van der Waals surface area contributed by atoms with Crippen LogP contribution < -0.4 is 5.32 Å². The van der Waals surface area contributed by atoms with Crippen LogP contribution in [0.2, 0.25) is 0 Å². The van der Waals surface area contributed by atoms with Crippen molar-refractivity contribution in [1.29, 1.82) is 0 Å². The summed E-state index contributed by atoms with van der Waals surface area (Å²) in [6.07, 6.45) is 0. The average Bonchev–Trinajstić information content (AvgIpc) is 3.31. The fraction of sp³-hybridized carbons (Fsp3) is 0.158. The highest BCUT2D eigenvalue weighted by Gasteiger charge is 2.39. The van der Waals surface area contributed by atoms with Gasteiger partial charge in [0.05, 0.1) is 29.2 Å². The van der Waals surface area contributed by atoms with Crippen LogP contribution in [0.4, 0.5) is 10.1 Å². The second-order valence-corrected chi connectivity index (χ2v) is 6.98. The molecule has 2 N–H and O–H groups in total. The largest absolute Gasteiger partial charge is 0.465 e. The number of halogens is 1. The number of fused-ring (bicyclic) bond motifs is 1. The molecule has 3 heterocycles. The standard InChI is InChI=1S/C19H15FN2O3S/c1-9-14(19(24)25-2)16(17(21-9)13-4-3-7-26-13)15-11-8-10(20)5-6-12(11)22-18(15)23/h3-8,15,21H,1-2H3,(H,22,23)/t15-/m1/s1. The first-order chi connectivity index (χ1) is 12.5. The van der Waals surface area contributed by atoms with Gasteiger partial charge in [0.2, 0.25) is 5.91 Å². The number of benzene rings is 1. The summed E-state index contributed by atoms with van der Waals surface area (Å²) in [7, 11) is 1.30. The lowest BCUT2D eigenvalue weighted by Crippen LogP contribution is -2.17. The van der Waals surface area contributed by atoms with Crippen LogP contribution in [0, 0.1) is 12.7 Å². The van der Waals surface area contributed by atoms with Gasteiger partial charge in [0.1, 0.15) is 5.82 Å². The topological polar surface area (TPSA) is 71.2 Å². The third-order valence-corrected chi connectivity index (χ3v) is 5.40. The van der Waals surface area contributed by atoms with Gasteiger partial charge in [-0.2, -0.15) is 0 Å². The van der Waals surface area contributed by atoms with E-state index in [-0.39, 0.29) is 5.91 Å². The summed E-state index contributed by atoms with van der Waals surface area (Å²) < 4.78 is 18.8. The van der Waals surface area contributed by atoms with Gasteiger partial charge in [-0.3, -0.25) is 4.79 Å². The number of carbonyl (C=O) groups excluding carboxylic acids is 2. The Bertz CT molecular complexity index is 1020. The van der Waals surface area contributed by atoms with E-state index in [0.29, 0.717) is 33.8 Å². The zero-order valence-electron chi connectivity index (χ0n) is 14.1. The Kier molecular flexibility index (Phi) is 3.88. The number of nitrogens with one attached hydrogen (secondary N) is 2. The molecule has 2 aromatic heterocycles. The van der Waals surface area contributed by atoms with E-state index in [0.717, 1.165) is 4.88 Å². The highest BCUT2D eigenvalue weighted by Crippen LogP contribution is 2.44. The van der Waals surface area contributed by atoms with Crippen LogP contribution in [-0.4, -0.2) is 24.0 Å². The van der Waals surface area contributed by atoms with Crippen molar-refractivity contribution in [3.05, 3.63) is 63.9 Å². The number of aromatic amines is 1. The molecule has 0 fully saturated rings. The Balaban J connectivity index is 2.01. The van der Waals surface area contributed by atoms with Gasteiger partial charge in [-0.25, -0.2) is 9.18 Å². The molecule has 1 aliphatic rings. The monoisotopic (exact) mass is 370 g/mol. The molecule has 7 heteroatoms. The predicted molar refractivity (Wildman–Crippen MR) is 97.1 cm³/mol. The smallest absolute Gasteiger partial charge is 0.340 e. The number of hydrogen-bond acceptors (Lipinski definition) is 4. The van der Waals surface area contributed by atoms with Crippen LogP contribution in [0.25, 0.3) is 10.6 Å². The van der Waals surface area contributed by atoms with Crippen molar-refractivity contribution in [2.24, 2.45) is 0 Å². The normalized spacial score (nSPS) is 15.7. The second kappa shape index (κ2) is 6.10. The van der Waals surface area contributed by atoms with Crippen molar-refractivity contribution in [3.63, 3.8) is 0 Å². The summed E-state index contributed by atoms with van der Waals surface area (Å²) in [6.45, 7) is 1.76. The minimum absolute atomic E-state index is 0.299. The van der Waals surface area contributed by atoms with E-state index < -0.39 is 17.7 Å². The fourth-order valence-corrected chi connectivity index (χ4v) is 4.17. The highest BCUT2D eigenvalue weighted by atomic mass is 32.1. The van der Waals surface area contributed by atoms with E-state index in [9.17, 15) is 14.0 Å². The van der Waals surface area contributed by atoms with Crippen molar-refractivity contribution >= 4 is 28.9 Å². The van der Waals surface area contributed by atoms with E-state index in [4.69, 9.17) is 4.74 Å². The van der Waals surface area contributed by atoms with Crippen molar-refractivity contribution in [3.8, 4) is 10.6 Å². The van der Waals surface area contributed by atoms with Crippen LogP contribution in [0.3, 0.4) is 0 Å². The molecule has 0 aliphatic carbocycles. The number of amides is 1. The molecule has 3 aromatic rings. The molecule has 0 spiro atoms. The quantitative estimate of drug-likeness (QED) is 0.683. The van der Waals surface area contributed by atoms with Gasteiger partial charge in [0.15, 0.2) is 0 Å². The molecule has 1 aliphatic heterocycles. The third kappa shape index (κ3) is 2.43. The molecule has 0 saturated heterocycles. The summed E-state index contributed by atoms with van der Waals surface area (Å²) >= 11 is 1.49. The predicted octanol–water partition coefficient (Wildman–Crippen LogP) is 4.06. The van der Waals surface area contributed by atoms with Crippen molar-refractivity contribution in [2.75, 3.05) is 12.4 Å². The van der Waals surface area contributed by atoms with Gasteiger partial charge in [-0.1, -0.05) is 6.07 Å². The first-order valence-electron chi connectivity index (χ1n) is 7.96. The molecule has 132 valence electrons. The summed E-state index contributed by atoms with van der Waals surface area (Å²) in [4.78, 5) is 29.3. The Labute approximate surface area is 152 Å². The van der Waals surface area contributed by atoms with Gasteiger partial charge >= 0.3 is 5.97 Å². The number of hydrogen-bond donors (Lipinski definition) is 2. The van der Waals surface area contributed by atoms with E-state index in [1.54, 1.807) is 6.92 Å². The second-order valence-electron chi connectivity index (χ2n) is 6.04. The Morgan fingerprint density at radius 2 is 2.12 bits per heavy atom. The molecular formula is C19H15FN2O3S. The molecule has 0 saturated carbocycles. The number of rotatable bonds is 3. The number of thiophene rings is 1. The van der Waals surface area contributed by atoms with Crippen LogP contribution >= 0.6 is 11.3 Å². The maximum atomic E-state index is 13.8. The number of methoxy groups -OCH3 is 1. The number of ether oxygens (including phenoxy) is 1. The summed E-state index contributed by atoms with van der Waals surface area (Å²) in [5.41, 5.74) is 3.17. The molecule has 1 amide bonds. The number of H-pyrrole nitrogens is 1. The Morgan fingerprint density at radius 3 is 2.81 bits per heavy atom. The molecule has 1 atom stereocenters. The Morgan fingerprint density at radius 1 is 1.31 bits per heavy atom. The molecule has 5 nitrogen and oxygen atoms in total. The lowest BCUT2D eigenvalue weighted by atomic mass is 9.88. The maximum Gasteiger partial charge on any atom is 0.340 e. The van der Waals surface area contributed by atoms with Crippen LogP contribution in [-0.2, 0) is 9.53 Å². The van der Waals surface area contributed by atoms with E-state index in [1.807, 2.05) is 17.5 Å². The minimum atomic E-state index is -0.795. The van der Waals surface area contributed by atoms with Gasteiger partial charge in [0.25, 0.3) is 0 Å². The third-order valence-electron chi connectivity index (χ3n) is 4.52. The molecule has 0 radical (unpaired) electrons. The van der Waals surface area contributed by atoms with Crippen LogP contribution in [0.15, 0.2) is 35.7 Å². The lowest BCUT2D eigenvalue weighted by Gasteiger charge is -2.13. The van der Waals surface area contributed by atoms with Crippen molar-refractivity contribution in [1.82, 2.24) is 4.98 Å². The molecular weight excluding hydrogens is 355 g/mol. The molecule has 0 unspecified atom stereocenters. The number of aromatic nitrogens is 1. The first kappa shape index (κ1) is 16.5. The number of anilines is 1. The van der Waals surface area contributed by atoms with Crippen molar-refractivity contribution < 1.29 is 18.7 Å². The molecule has 4 rings (SSSR count). The Hall–Kier alpha value is -2.93. The average molecular weight is 370 g/mol. The van der Waals surface area contributed by atoms with E-state index in [2.05, 4.69) is 10.3 Å². The molecule has 0 bridgehead atoms. The summed E-state index contributed by atoms with van der Waals surface area (Å²) in [5.74, 6) is -2.06. The number of aryl methyl sites for hydroxylation is 1. The number of carbonyl (C=O) groups is 2. The van der Waals surface area contributed by atoms with Crippen LogP contribution in [0.1, 0.15) is 33.1 Å². The molecule has 26 heavy (non-hydrogen) atoms. The highest BCUT2D eigenvalue weighted by molar-refractivity contribution is 7.13. The maximum absolute atomic E-state index is 13.8. The van der Waals surface area contributed by atoms with E-state index >= 15 is 0 Å². The lowest BCUT2D eigenvalue weighted by molar-refractivity contribution is -0.116. The fourth-order valence-electron chi connectivity index (χ4n) is 3.43. The summed E-state index contributed by atoms with van der Waals surface area (Å²) in [6, 6.07) is 7.95. The van der Waals surface area contributed by atoms with Crippen molar-refractivity contribution in [2.45, 2.75) is 12.8 Å². The number of esters is 1. The minimum Gasteiger partial charge on any atom is -0.465 e. The SMILES string of the molecule is COC(=O)c1c(C)[nH]c(-c2cccs2)c1[C@@H]1C(=O)Nc2ccc(F)cc21. The van der Waals surface area contributed by atoms with Gasteiger partial charge in [-0.05, 0) is 42.1 Å². The van der Waals surface area contributed by atoms with Gasteiger partial charge in [0, 0.05) is 16.9 Å². The van der Waals surface area contributed by atoms with E-state index in [1.165, 1.54) is 36.6 Å².